The monoisotopic (exact) mass is 187 g/mol. The van der Waals surface area contributed by atoms with Crippen LogP contribution < -0.4 is 5.73 Å². The molecule has 1 rings (SSSR count). The number of methoxy groups -OCH3 is 2. The minimum absolute atomic E-state index is 0.300. The van der Waals surface area contributed by atoms with E-state index < -0.39 is 0 Å². The second-order valence-corrected chi connectivity index (χ2v) is 3.84. The van der Waals surface area contributed by atoms with Crippen LogP contribution in [0.25, 0.3) is 0 Å². The Kier molecular flexibility index (Phi) is 4.16. The smallest absolute Gasteiger partial charge is 0.167 e. The Morgan fingerprint density at radius 3 is 2.15 bits per heavy atom. The van der Waals surface area contributed by atoms with Crippen molar-refractivity contribution in [2.75, 3.05) is 20.8 Å². The zero-order chi connectivity index (χ0) is 9.73. The molecular formula is C10H21NO2. The minimum Gasteiger partial charge on any atom is -0.353 e. The van der Waals surface area contributed by atoms with E-state index in [9.17, 15) is 0 Å². The first-order valence-electron chi connectivity index (χ1n) is 5.06. The summed E-state index contributed by atoms with van der Waals surface area (Å²) < 4.78 is 10.8. The topological polar surface area (TPSA) is 44.5 Å². The van der Waals surface area contributed by atoms with E-state index in [2.05, 4.69) is 0 Å². The predicted molar refractivity (Wildman–Crippen MR) is 52.4 cm³/mol. The molecule has 0 unspecified atom stereocenters. The third-order valence-electron chi connectivity index (χ3n) is 3.19. The first kappa shape index (κ1) is 11.0. The SMILES string of the molecule is COC1(OC)CCC(CCN)CC1. The molecule has 0 aliphatic heterocycles. The second-order valence-electron chi connectivity index (χ2n) is 3.84. The van der Waals surface area contributed by atoms with Gasteiger partial charge in [-0.05, 0) is 31.7 Å². The van der Waals surface area contributed by atoms with Crippen LogP contribution in [0.15, 0.2) is 0 Å². The van der Waals surface area contributed by atoms with E-state index in [-0.39, 0.29) is 5.79 Å². The molecule has 1 aliphatic rings. The average Bonchev–Trinajstić information content (AvgIpc) is 2.20. The van der Waals surface area contributed by atoms with E-state index in [0.29, 0.717) is 0 Å². The Morgan fingerprint density at radius 1 is 1.23 bits per heavy atom. The highest BCUT2D eigenvalue weighted by Gasteiger charge is 2.34. The van der Waals surface area contributed by atoms with Gasteiger partial charge in [-0.15, -0.1) is 0 Å². The molecule has 0 amide bonds. The van der Waals surface area contributed by atoms with Gasteiger partial charge in [0.2, 0.25) is 0 Å². The van der Waals surface area contributed by atoms with Gasteiger partial charge in [0.15, 0.2) is 5.79 Å². The summed E-state index contributed by atoms with van der Waals surface area (Å²) in [6, 6.07) is 0. The molecular weight excluding hydrogens is 166 g/mol. The van der Waals surface area contributed by atoms with Crippen LogP contribution in [0.3, 0.4) is 0 Å². The van der Waals surface area contributed by atoms with Crippen LogP contribution in [0.4, 0.5) is 0 Å². The molecule has 0 radical (unpaired) electrons. The van der Waals surface area contributed by atoms with Gasteiger partial charge >= 0.3 is 0 Å². The molecule has 3 nitrogen and oxygen atoms in total. The van der Waals surface area contributed by atoms with Gasteiger partial charge in [-0.25, -0.2) is 0 Å². The van der Waals surface area contributed by atoms with Gasteiger partial charge < -0.3 is 15.2 Å². The Balaban J connectivity index is 2.36. The lowest BCUT2D eigenvalue weighted by Crippen LogP contribution is -2.38. The molecule has 0 aromatic carbocycles. The molecule has 1 aliphatic carbocycles. The van der Waals surface area contributed by atoms with Gasteiger partial charge in [0.1, 0.15) is 0 Å². The first-order chi connectivity index (χ1) is 6.26. The Morgan fingerprint density at radius 2 is 1.77 bits per heavy atom. The maximum Gasteiger partial charge on any atom is 0.167 e. The van der Waals surface area contributed by atoms with Crippen LogP contribution in [-0.2, 0) is 9.47 Å². The van der Waals surface area contributed by atoms with Crippen molar-refractivity contribution >= 4 is 0 Å². The molecule has 2 N–H and O–H groups in total. The normalized spacial score (nSPS) is 23.3. The number of ether oxygens (including phenoxy) is 2. The van der Waals surface area contributed by atoms with E-state index in [0.717, 1.165) is 31.7 Å². The summed E-state index contributed by atoms with van der Waals surface area (Å²) in [6.07, 6.45) is 5.51. The number of hydrogen-bond donors (Lipinski definition) is 1. The van der Waals surface area contributed by atoms with Crippen LogP contribution in [0.2, 0.25) is 0 Å². The Labute approximate surface area is 80.6 Å². The second kappa shape index (κ2) is 4.94. The zero-order valence-electron chi connectivity index (χ0n) is 8.71. The van der Waals surface area contributed by atoms with Crippen molar-refractivity contribution in [3.05, 3.63) is 0 Å². The predicted octanol–water partition coefficient (Wildman–Crippen LogP) is 1.51. The molecule has 1 fully saturated rings. The van der Waals surface area contributed by atoms with Crippen molar-refractivity contribution in [2.24, 2.45) is 11.7 Å². The third-order valence-corrected chi connectivity index (χ3v) is 3.19. The van der Waals surface area contributed by atoms with Gasteiger partial charge in [0.05, 0.1) is 0 Å². The summed E-state index contributed by atoms with van der Waals surface area (Å²) in [7, 11) is 3.46. The fourth-order valence-corrected chi connectivity index (χ4v) is 2.13. The van der Waals surface area contributed by atoms with E-state index in [1.807, 2.05) is 0 Å². The van der Waals surface area contributed by atoms with Crippen LogP contribution >= 0.6 is 0 Å². The Hall–Kier alpha value is -0.120. The molecule has 0 aromatic rings. The maximum absolute atomic E-state index is 5.53. The molecule has 0 spiro atoms. The fraction of sp³-hybridized carbons (Fsp3) is 1.00. The van der Waals surface area contributed by atoms with Gasteiger partial charge in [-0.1, -0.05) is 0 Å². The van der Waals surface area contributed by atoms with Gasteiger partial charge in [-0.3, -0.25) is 0 Å². The third kappa shape index (κ3) is 2.66. The zero-order valence-corrected chi connectivity index (χ0v) is 8.71. The molecule has 0 heterocycles. The summed E-state index contributed by atoms with van der Waals surface area (Å²) in [5.41, 5.74) is 5.53. The fourth-order valence-electron chi connectivity index (χ4n) is 2.13. The first-order valence-corrected chi connectivity index (χ1v) is 5.06. The number of rotatable bonds is 4. The van der Waals surface area contributed by atoms with Crippen molar-refractivity contribution < 1.29 is 9.47 Å². The Bertz CT molecular complexity index is 136. The number of nitrogens with two attached hydrogens (primary N) is 1. The van der Waals surface area contributed by atoms with Crippen molar-refractivity contribution in [3.8, 4) is 0 Å². The van der Waals surface area contributed by atoms with E-state index in [4.69, 9.17) is 15.2 Å². The molecule has 0 atom stereocenters. The van der Waals surface area contributed by atoms with Crippen molar-refractivity contribution in [2.45, 2.75) is 37.9 Å². The standard InChI is InChI=1S/C10H21NO2/c1-12-10(13-2)6-3-9(4-7-10)5-8-11/h9H,3-8,11H2,1-2H3. The van der Waals surface area contributed by atoms with Crippen LogP contribution in [0.5, 0.6) is 0 Å². The highest BCUT2D eigenvalue weighted by atomic mass is 16.7. The van der Waals surface area contributed by atoms with Gasteiger partial charge in [0, 0.05) is 27.1 Å². The molecule has 0 saturated heterocycles. The van der Waals surface area contributed by atoms with Gasteiger partial charge in [-0.2, -0.15) is 0 Å². The molecule has 78 valence electrons. The molecule has 3 heteroatoms. The summed E-state index contributed by atoms with van der Waals surface area (Å²) in [5.74, 6) is 0.480. The van der Waals surface area contributed by atoms with E-state index in [1.165, 1.54) is 12.8 Å². The largest absolute Gasteiger partial charge is 0.353 e. The molecule has 0 bridgehead atoms. The van der Waals surface area contributed by atoms with Gasteiger partial charge in [0.25, 0.3) is 0 Å². The van der Waals surface area contributed by atoms with Crippen LogP contribution in [-0.4, -0.2) is 26.6 Å². The number of hydrogen-bond acceptors (Lipinski definition) is 3. The highest BCUT2D eigenvalue weighted by Crippen LogP contribution is 2.35. The van der Waals surface area contributed by atoms with Crippen LogP contribution in [0.1, 0.15) is 32.1 Å². The highest BCUT2D eigenvalue weighted by molar-refractivity contribution is 4.79. The van der Waals surface area contributed by atoms with Crippen LogP contribution in [0, 0.1) is 5.92 Å². The molecule has 1 saturated carbocycles. The van der Waals surface area contributed by atoms with Crippen molar-refractivity contribution in [1.82, 2.24) is 0 Å². The van der Waals surface area contributed by atoms with Crippen molar-refractivity contribution in [3.63, 3.8) is 0 Å². The van der Waals surface area contributed by atoms with E-state index in [1.54, 1.807) is 14.2 Å². The lowest BCUT2D eigenvalue weighted by atomic mass is 9.83. The summed E-state index contributed by atoms with van der Waals surface area (Å²) >= 11 is 0. The average molecular weight is 187 g/mol. The quantitative estimate of drug-likeness (QED) is 0.679. The summed E-state index contributed by atoms with van der Waals surface area (Å²) in [5, 5.41) is 0. The minimum atomic E-state index is -0.300. The van der Waals surface area contributed by atoms with Crippen molar-refractivity contribution in [1.29, 1.82) is 0 Å². The summed E-state index contributed by atoms with van der Waals surface area (Å²) in [6.45, 7) is 0.803. The van der Waals surface area contributed by atoms with E-state index >= 15 is 0 Å². The maximum atomic E-state index is 5.53. The summed E-state index contributed by atoms with van der Waals surface area (Å²) in [4.78, 5) is 0. The molecule has 13 heavy (non-hydrogen) atoms. The molecule has 0 aromatic heterocycles. The lowest BCUT2D eigenvalue weighted by Gasteiger charge is -2.37. The lowest BCUT2D eigenvalue weighted by molar-refractivity contribution is -0.227.